The first-order valence-electron chi connectivity index (χ1n) is 12.2. The Labute approximate surface area is 221 Å². The summed E-state index contributed by atoms with van der Waals surface area (Å²) in [5, 5.41) is 3.61. The number of amides is 2. The molecule has 1 aliphatic rings. The summed E-state index contributed by atoms with van der Waals surface area (Å²) in [4.78, 5) is 28.9. The number of nitrogens with one attached hydrogen (secondary N) is 1. The minimum atomic E-state index is -3.04. The number of nitrogens with two attached hydrogens (primary N) is 1. The first-order valence-corrected chi connectivity index (χ1v) is 12.2. The lowest BCUT2D eigenvalue weighted by atomic mass is 10.1. The monoisotopic (exact) mass is 541 g/mol. The second-order valence-electron chi connectivity index (χ2n) is 9.05. The zero-order chi connectivity index (χ0) is 27.5. The van der Waals surface area contributed by atoms with E-state index in [1.165, 1.54) is 25.1 Å². The quantitative estimate of drug-likeness (QED) is 0.251. The molecule has 1 fully saturated rings. The number of carbonyl (C=O) groups is 2. The van der Waals surface area contributed by atoms with Crippen LogP contribution in [0, 0.1) is 5.92 Å². The van der Waals surface area contributed by atoms with E-state index in [0.29, 0.717) is 23.7 Å². The number of halogens is 2. The zero-order valence-corrected chi connectivity index (χ0v) is 20.8. The van der Waals surface area contributed by atoms with Gasteiger partial charge in [-0.25, -0.2) is 9.78 Å². The summed E-state index contributed by atoms with van der Waals surface area (Å²) in [5.74, 6) is -0.380. The number of primary amides is 1. The van der Waals surface area contributed by atoms with Crippen molar-refractivity contribution >= 4 is 23.0 Å². The fourth-order valence-corrected chi connectivity index (χ4v) is 3.99. The van der Waals surface area contributed by atoms with Crippen molar-refractivity contribution < 1.29 is 41.4 Å². The summed E-state index contributed by atoms with van der Waals surface area (Å²) < 4.78 is 52.5. The number of carbonyl (C=O) groups excluding carboxylic acids is 2. The summed E-state index contributed by atoms with van der Waals surface area (Å²) >= 11 is 0. The molecule has 10 nitrogen and oxygen atoms in total. The van der Waals surface area contributed by atoms with Crippen molar-refractivity contribution in [2.24, 2.45) is 11.7 Å². The number of benzene rings is 2. The molecule has 0 saturated heterocycles. The topological polar surface area (TPSA) is 139 Å². The summed E-state index contributed by atoms with van der Waals surface area (Å²) in [6.45, 7) is -1.10. The van der Waals surface area contributed by atoms with Gasteiger partial charge in [-0.05, 0) is 49.9 Å². The van der Waals surface area contributed by atoms with Crippen LogP contribution in [0.2, 0.25) is 0 Å². The molecule has 0 spiro atoms. The number of ether oxygens (including phenoxy) is 3. The molecule has 204 valence electrons. The van der Waals surface area contributed by atoms with E-state index in [-0.39, 0.29) is 35.4 Å². The third kappa shape index (κ3) is 6.11. The lowest BCUT2D eigenvalue weighted by Gasteiger charge is -2.13. The molecule has 0 radical (unpaired) electrons. The third-order valence-electron chi connectivity index (χ3n) is 6.11. The Morgan fingerprint density at radius 3 is 2.72 bits per heavy atom. The van der Waals surface area contributed by atoms with Gasteiger partial charge in [-0.15, -0.1) is 0 Å². The van der Waals surface area contributed by atoms with Crippen molar-refractivity contribution in [1.82, 2.24) is 10.3 Å². The van der Waals surface area contributed by atoms with Crippen LogP contribution in [0.4, 0.5) is 13.6 Å². The van der Waals surface area contributed by atoms with Crippen LogP contribution in [-0.2, 0) is 11.3 Å². The van der Waals surface area contributed by atoms with E-state index in [9.17, 15) is 18.4 Å². The van der Waals surface area contributed by atoms with E-state index in [1.807, 2.05) is 24.3 Å². The van der Waals surface area contributed by atoms with Gasteiger partial charge in [-0.1, -0.05) is 18.2 Å². The summed E-state index contributed by atoms with van der Waals surface area (Å²) in [6.07, 6.45) is 1.43. The first kappa shape index (κ1) is 26.0. The molecule has 1 atom stereocenters. The molecule has 1 aliphatic carbocycles. The fourth-order valence-electron chi connectivity index (χ4n) is 3.99. The van der Waals surface area contributed by atoms with Crippen molar-refractivity contribution in [1.29, 1.82) is 0 Å². The number of aromatic nitrogens is 1. The van der Waals surface area contributed by atoms with E-state index in [2.05, 4.69) is 15.0 Å². The highest BCUT2D eigenvalue weighted by Gasteiger charge is 2.28. The Kier molecular flexibility index (Phi) is 7.35. The molecule has 2 aromatic carbocycles. The van der Waals surface area contributed by atoms with Crippen LogP contribution in [0.1, 0.15) is 47.7 Å². The number of hydrogen-bond donors (Lipinski definition) is 2. The molecule has 4 aromatic rings. The molecular weight excluding hydrogens is 516 g/mol. The van der Waals surface area contributed by atoms with Gasteiger partial charge in [0.25, 0.3) is 5.91 Å². The van der Waals surface area contributed by atoms with Crippen LogP contribution in [-0.4, -0.2) is 30.2 Å². The van der Waals surface area contributed by atoms with Crippen LogP contribution in [0.25, 0.3) is 22.4 Å². The molecule has 0 bridgehead atoms. The maximum atomic E-state index is 13.2. The Morgan fingerprint density at radius 2 is 1.97 bits per heavy atom. The zero-order valence-electron chi connectivity index (χ0n) is 20.8. The van der Waals surface area contributed by atoms with Crippen LogP contribution in [0.3, 0.4) is 0 Å². The van der Waals surface area contributed by atoms with E-state index in [1.54, 1.807) is 6.26 Å². The molecule has 2 amide bonds. The highest BCUT2D eigenvalue weighted by Crippen LogP contribution is 2.37. The third-order valence-corrected chi connectivity index (χ3v) is 6.11. The van der Waals surface area contributed by atoms with E-state index in [4.69, 9.17) is 24.0 Å². The number of para-hydroxylation sites is 1. The highest BCUT2D eigenvalue weighted by atomic mass is 19.3. The molecule has 2 heterocycles. The molecular formula is C27H25F2N3O7. The van der Waals surface area contributed by atoms with Crippen LogP contribution in [0.15, 0.2) is 57.6 Å². The Morgan fingerprint density at radius 1 is 1.18 bits per heavy atom. The summed E-state index contributed by atoms with van der Waals surface area (Å²) in [6, 6.07) is 11.6. The van der Waals surface area contributed by atoms with Gasteiger partial charge in [0.2, 0.25) is 5.89 Å². The minimum absolute atomic E-state index is 0.0244. The van der Waals surface area contributed by atoms with E-state index < -0.39 is 24.7 Å². The predicted octanol–water partition coefficient (Wildman–Crippen LogP) is 5.56. The molecule has 1 unspecified atom stereocenters. The van der Waals surface area contributed by atoms with Gasteiger partial charge in [0, 0.05) is 23.1 Å². The fraction of sp³-hybridized carbons (Fsp3) is 0.296. The maximum Gasteiger partial charge on any atom is 0.405 e. The normalized spacial score (nSPS) is 13.8. The number of alkyl halides is 2. The van der Waals surface area contributed by atoms with Crippen molar-refractivity contribution in [3.8, 4) is 23.0 Å². The minimum Gasteiger partial charge on any atom is -0.489 e. The lowest BCUT2D eigenvalue weighted by Crippen LogP contribution is -2.25. The molecule has 5 rings (SSSR count). The first-order chi connectivity index (χ1) is 18.8. The van der Waals surface area contributed by atoms with Gasteiger partial charge in [-0.2, -0.15) is 8.78 Å². The number of furan rings is 1. The van der Waals surface area contributed by atoms with Crippen molar-refractivity contribution in [3.63, 3.8) is 0 Å². The molecule has 3 N–H and O–H groups in total. The average Bonchev–Trinajstić information content (AvgIpc) is 3.47. The maximum absolute atomic E-state index is 13.2. The van der Waals surface area contributed by atoms with Crippen molar-refractivity contribution in [3.05, 3.63) is 65.7 Å². The predicted molar refractivity (Wildman–Crippen MR) is 133 cm³/mol. The molecule has 12 heteroatoms. The van der Waals surface area contributed by atoms with E-state index >= 15 is 0 Å². The summed E-state index contributed by atoms with van der Waals surface area (Å²) in [5.41, 5.74) is 6.78. The summed E-state index contributed by atoms with van der Waals surface area (Å²) in [7, 11) is 0. The number of hydrogen-bond acceptors (Lipinski definition) is 8. The molecule has 39 heavy (non-hydrogen) atoms. The van der Waals surface area contributed by atoms with Crippen LogP contribution < -0.4 is 20.5 Å². The molecule has 2 aromatic heterocycles. The average molecular weight is 542 g/mol. The van der Waals surface area contributed by atoms with Gasteiger partial charge in [0.15, 0.2) is 29.1 Å². The van der Waals surface area contributed by atoms with Crippen LogP contribution >= 0.6 is 0 Å². The number of oxazole rings is 1. The largest absolute Gasteiger partial charge is 0.489 e. The Balaban J connectivity index is 1.43. The second kappa shape index (κ2) is 11.0. The molecule has 0 aliphatic heterocycles. The number of fused-ring (bicyclic) bond motifs is 1. The Hall–Kier alpha value is -4.61. The SMILES string of the molecule is CC(OC(N)=O)c1oc(-c2ccc(OC(F)F)c(OCC3CC3)c2)nc1C(=O)NCc1coc2ccccc12. The lowest BCUT2D eigenvalue weighted by molar-refractivity contribution is -0.0515. The standard InChI is InChI=1S/C27H25F2N3O7/c1-14(37-27(30)34)23-22(24(33)31-11-17-13-36-19-5-3-2-4-18(17)19)32-25(39-23)16-8-9-20(38-26(28)29)21(10-16)35-12-15-6-7-15/h2-5,8-10,13-15,26H,6-7,11-12H2,1H3,(H2,30,34)(H,31,33). The number of nitrogens with zero attached hydrogens (tertiary/aromatic N) is 1. The van der Waals surface area contributed by atoms with Gasteiger partial charge in [0.1, 0.15) is 5.58 Å². The van der Waals surface area contributed by atoms with Gasteiger partial charge in [-0.3, -0.25) is 4.79 Å². The highest BCUT2D eigenvalue weighted by molar-refractivity contribution is 5.94. The van der Waals surface area contributed by atoms with Gasteiger partial charge >= 0.3 is 12.7 Å². The van der Waals surface area contributed by atoms with Crippen molar-refractivity contribution in [2.75, 3.05) is 6.61 Å². The molecule has 1 saturated carbocycles. The van der Waals surface area contributed by atoms with E-state index in [0.717, 1.165) is 23.8 Å². The van der Waals surface area contributed by atoms with Gasteiger partial charge in [0.05, 0.1) is 12.9 Å². The number of rotatable bonds is 11. The second-order valence-corrected chi connectivity index (χ2v) is 9.05. The van der Waals surface area contributed by atoms with Gasteiger partial charge < -0.3 is 34.1 Å². The smallest absolute Gasteiger partial charge is 0.405 e. The van der Waals surface area contributed by atoms with Crippen LogP contribution in [0.5, 0.6) is 11.5 Å². The Bertz CT molecular complexity index is 1500. The van der Waals surface area contributed by atoms with Crippen molar-refractivity contribution in [2.45, 2.75) is 39.0 Å².